The first-order valence-electron chi connectivity index (χ1n) is 3.78. The summed E-state index contributed by atoms with van der Waals surface area (Å²) in [7, 11) is 0. The van der Waals surface area contributed by atoms with Crippen molar-refractivity contribution in [3.8, 4) is 0 Å². The summed E-state index contributed by atoms with van der Waals surface area (Å²) in [4.78, 5) is 0. The molecular weight excluding hydrogens is 128 g/mol. The lowest BCUT2D eigenvalue weighted by Gasteiger charge is -2.13. The average molecular weight is 145 g/mol. The summed E-state index contributed by atoms with van der Waals surface area (Å²) in [6, 6.07) is 0. The molecule has 0 saturated heterocycles. The van der Waals surface area contributed by atoms with E-state index < -0.39 is 6.29 Å². The van der Waals surface area contributed by atoms with Crippen molar-refractivity contribution >= 4 is 0 Å². The molecule has 0 bridgehead atoms. The summed E-state index contributed by atoms with van der Waals surface area (Å²) in [5.41, 5.74) is 0. The van der Waals surface area contributed by atoms with Crippen molar-refractivity contribution in [3.05, 3.63) is 5.92 Å². The Labute approximate surface area is 63.2 Å². The first kappa shape index (κ1) is 9.92. The molecular formula is C8H17O2. The molecule has 0 aromatic carbocycles. The molecule has 0 rings (SSSR count). The summed E-state index contributed by atoms with van der Waals surface area (Å²) in [6.07, 6.45) is 1.46. The molecule has 0 fully saturated rings. The van der Waals surface area contributed by atoms with Gasteiger partial charge in [0.1, 0.15) is 0 Å². The fourth-order valence-electron chi connectivity index (χ4n) is 0.506. The van der Waals surface area contributed by atoms with E-state index in [0.717, 1.165) is 18.8 Å². The monoisotopic (exact) mass is 145 g/mol. The molecule has 1 atom stereocenters. The third kappa shape index (κ3) is 4.77. The van der Waals surface area contributed by atoms with Gasteiger partial charge in [0, 0.05) is 12.5 Å². The van der Waals surface area contributed by atoms with E-state index in [1.807, 2.05) is 13.8 Å². The maximum atomic E-state index is 9.09. The van der Waals surface area contributed by atoms with Crippen LogP contribution in [-0.4, -0.2) is 18.0 Å². The van der Waals surface area contributed by atoms with Crippen LogP contribution in [0.4, 0.5) is 0 Å². The van der Waals surface area contributed by atoms with Gasteiger partial charge in [0.2, 0.25) is 0 Å². The third-order valence-corrected chi connectivity index (χ3v) is 1.27. The van der Waals surface area contributed by atoms with Gasteiger partial charge in [0.25, 0.3) is 0 Å². The van der Waals surface area contributed by atoms with Gasteiger partial charge in [0.15, 0.2) is 6.29 Å². The van der Waals surface area contributed by atoms with Crippen molar-refractivity contribution in [2.24, 2.45) is 0 Å². The molecule has 2 nitrogen and oxygen atoms in total. The highest BCUT2D eigenvalue weighted by Gasteiger charge is 2.07. The van der Waals surface area contributed by atoms with Gasteiger partial charge in [-0.25, -0.2) is 0 Å². The van der Waals surface area contributed by atoms with Crippen LogP contribution in [0.1, 0.15) is 33.6 Å². The van der Waals surface area contributed by atoms with Crippen LogP contribution in [0.3, 0.4) is 0 Å². The smallest absolute Gasteiger partial charge is 0.160 e. The van der Waals surface area contributed by atoms with Crippen LogP contribution in [-0.2, 0) is 4.74 Å². The fourth-order valence-corrected chi connectivity index (χ4v) is 0.506. The van der Waals surface area contributed by atoms with Crippen LogP contribution >= 0.6 is 0 Å². The Morgan fingerprint density at radius 2 is 2.10 bits per heavy atom. The molecule has 61 valence electrons. The van der Waals surface area contributed by atoms with E-state index in [2.05, 4.69) is 6.92 Å². The van der Waals surface area contributed by atoms with Gasteiger partial charge < -0.3 is 9.84 Å². The molecule has 0 spiro atoms. The lowest BCUT2D eigenvalue weighted by atomic mass is 10.2. The Morgan fingerprint density at radius 3 is 2.50 bits per heavy atom. The molecule has 0 aliphatic rings. The minimum absolute atomic E-state index is 0.656. The van der Waals surface area contributed by atoms with E-state index in [4.69, 9.17) is 9.84 Å². The first-order valence-corrected chi connectivity index (χ1v) is 3.78. The van der Waals surface area contributed by atoms with Crippen molar-refractivity contribution in [3.63, 3.8) is 0 Å². The molecule has 1 unspecified atom stereocenters. The second-order valence-corrected chi connectivity index (χ2v) is 2.65. The molecule has 1 N–H and O–H groups in total. The maximum Gasteiger partial charge on any atom is 0.160 e. The molecule has 0 saturated carbocycles. The number of rotatable bonds is 5. The Morgan fingerprint density at radius 1 is 1.50 bits per heavy atom. The minimum atomic E-state index is -0.661. The minimum Gasteiger partial charge on any atom is -0.367 e. The zero-order chi connectivity index (χ0) is 7.98. The normalized spacial score (nSPS) is 14.1. The highest BCUT2D eigenvalue weighted by Crippen LogP contribution is 2.05. The summed E-state index contributed by atoms with van der Waals surface area (Å²) >= 11 is 0. The number of ether oxygens (including phenoxy) is 1. The van der Waals surface area contributed by atoms with Gasteiger partial charge in [-0.2, -0.15) is 0 Å². The summed E-state index contributed by atoms with van der Waals surface area (Å²) in [5.74, 6) is 0.913. The number of aliphatic hydroxyl groups excluding tert-OH is 1. The SMILES string of the molecule is CCCCOC(O)[C](C)C. The van der Waals surface area contributed by atoms with E-state index in [0.29, 0.717) is 6.61 Å². The quantitative estimate of drug-likeness (QED) is 0.471. The highest BCUT2D eigenvalue weighted by atomic mass is 16.6. The van der Waals surface area contributed by atoms with Crippen LogP contribution < -0.4 is 0 Å². The van der Waals surface area contributed by atoms with Gasteiger partial charge in [-0.3, -0.25) is 0 Å². The molecule has 0 aliphatic heterocycles. The van der Waals surface area contributed by atoms with Crippen molar-refractivity contribution in [1.29, 1.82) is 0 Å². The molecule has 0 aromatic heterocycles. The van der Waals surface area contributed by atoms with Gasteiger partial charge in [-0.05, 0) is 6.42 Å². The fraction of sp³-hybridized carbons (Fsp3) is 0.875. The lowest BCUT2D eigenvalue weighted by Crippen LogP contribution is -2.17. The molecule has 0 aliphatic carbocycles. The Hall–Kier alpha value is -0.0800. The zero-order valence-electron chi connectivity index (χ0n) is 7.05. The van der Waals surface area contributed by atoms with E-state index in [-0.39, 0.29) is 0 Å². The molecule has 0 amide bonds. The van der Waals surface area contributed by atoms with Crippen molar-refractivity contribution in [1.82, 2.24) is 0 Å². The molecule has 1 radical (unpaired) electrons. The van der Waals surface area contributed by atoms with Gasteiger partial charge >= 0.3 is 0 Å². The topological polar surface area (TPSA) is 29.5 Å². The predicted molar refractivity (Wildman–Crippen MR) is 41.5 cm³/mol. The lowest BCUT2D eigenvalue weighted by molar-refractivity contribution is -0.0868. The number of aliphatic hydroxyl groups is 1. The molecule has 0 heterocycles. The van der Waals surface area contributed by atoms with E-state index in [1.54, 1.807) is 0 Å². The van der Waals surface area contributed by atoms with E-state index in [9.17, 15) is 0 Å². The van der Waals surface area contributed by atoms with Crippen LogP contribution in [0.5, 0.6) is 0 Å². The highest BCUT2D eigenvalue weighted by molar-refractivity contribution is 4.80. The predicted octanol–water partition coefficient (Wildman–Crippen LogP) is 1.74. The first-order chi connectivity index (χ1) is 4.68. The van der Waals surface area contributed by atoms with E-state index in [1.165, 1.54) is 0 Å². The summed E-state index contributed by atoms with van der Waals surface area (Å²) in [6.45, 7) is 6.47. The van der Waals surface area contributed by atoms with Crippen LogP contribution in [0.15, 0.2) is 0 Å². The second-order valence-electron chi connectivity index (χ2n) is 2.65. The number of unbranched alkanes of at least 4 members (excludes halogenated alkanes) is 1. The summed E-state index contributed by atoms with van der Waals surface area (Å²) in [5, 5.41) is 9.09. The number of hydrogen-bond donors (Lipinski definition) is 1. The van der Waals surface area contributed by atoms with Crippen LogP contribution in [0.2, 0.25) is 0 Å². The van der Waals surface area contributed by atoms with Crippen LogP contribution in [0, 0.1) is 5.92 Å². The molecule has 0 aromatic rings. The molecule has 2 heteroatoms. The largest absolute Gasteiger partial charge is 0.367 e. The van der Waals surface area contributed by atoms with Crippen LogP contribution in [0.25, 0.3) is 0 Å². The van der Waals surface area contributed by atoms with Crippen molar-refractivity contribution in [2.45, 2.75) is 39.9 Å². The Balaban J connectivity index is 3.13. The summed E-state index contributed by atoms with van der Waals surface area (Å²) < 4.78 is 5.06. The average Bonchev–Trinajstić information content (AvgIpc) is 1.88. The number of hydrogen-bond acceptors (Lipinski definition) is 2. The van der Waals surface area contributed by atoms with Crippen molar-refractivity contribution in [2.75, 3.05) is 6.61 Å². The van der Waals surface area contributed by atoms with Crippen molar-refractivity contribution < 1.29 is 9.84 Å². The second kappa shape index (κ2) is 5.69. The molecule has 10 heavy (non-hydrogen) atoms. The van der Waals surface area contributed by atoms with Gasteiger partial charge in [-0.15, -0.1) is 0 Å². The Bertz CT molecular complexity index is 71.7. The standard InChI is InChI=1S/C8H17O2/c1-4-5-6-10-8(9)7(2)3/h8-9H,4-6H2,1-3H3. The van der Waals surface area contributed by atoms with Gasteiger partial charge in [-0.1, -0.05) is 27.2 Å². The van der Waals surface area contributed by atoms with Gasteiger partial charge in [0.05, 0.1) is 0 Å². The van der Waals surface area contributed by atoms with E-state index >= 15 is 0 Å². The zero-order valence-corrected chi connectivity index (χ0v) is 7.05. The maximum absolute atomic E-state index is 9.09. The third-order valence-electron chi connectivity index (χ3n) is 1.27. The Kier molecular flexibility index (Phi) is 5.64.